The van der Waals surface area contributed by atoms with E-state index in [1.807, 2.05) is 0 Å². The summed E-state index contributed by atoms with van der Waals surface area (Å²) in [6.45, 7) is 9.64. The number of phosphoric ester groups is 2. The zero-order valence-electron chi connectivity index (χ0n) is 62.7. The van der Waals surface area contributed by atoms with Gasteiger partial charge in [-0.25, -0.2) is 9.13 Å². The Hall–Kier alpha value is -1.94. The van der Waals surface area contributed by atoms with Gasteiger partial charge in [-0.1, -0.05) is 350 Å². The molecule has 0 heterocycles. The first-order chi connectivity index (χ1) is 46.4. The van der Waals surface area contributed by atoms with Crippen LogP contribution in [0.15, 0.2) is 0 Å². The van der Waals surface area contributed by atoms with Crippen LogP contribution in [0.25, 0.3) is 0 Å². The molecule has 0 saturated heterocycles. The topological polar surface area (TPSA) is 237 Å². The monoisotopic (exact) mass is 1410 g/mol. The SMILES string of the molecule is CCCCCCCCCCCCCCCCCC(=O)O[C@H](COC(=O)CCCCCCCCCCCCCC(C)C)COP(=O)(O)OC[C@@H](O)COP(=O)(O)OC[C@@H](COC(=O)CCCCCCCCCCCCCCC)OC(=O)CCCCCCCCCCCCC(C)CC. The molecule has 0 aliphatic carbocycles. The standard InChI is InChI=1S/C77H150O17P2/c1-7-10-12-14-16-18-20-22-23-25-29-37-43-49-55-61-76(81)93-72(65-88-75(80)60-54-48-42-36-30-26-27-33-39-45-51-57-69(4)5)67-91-95(83,84)89-63-71(78)64-90-96(85,86)92-68-73(66-87-74(79)59-53-47-41-35-28-24-21-19-17-15-13-11-8-2)94-77(82)62-56-50-44-38-32-31-34-40-46-52-58-70(6)9-3/h69-73,78H,7-68H2,1-6H3,(H,83,84)(H,85,86)/t70?,71-,72-,73-/m1/s1. The third kappa shape index (κ3) is 69.2. The van der Waals surface area contributed by atoms with E-state index in [-0.39, 0.29) is 25.7 Å². The Balaban J connectivity index is 5.28. The second-order valence-corrected chi connectivity index (χ2v) is 31.4. The third-order valence-corrected chi connectivity index (χ3v) is 20.2. The van der Waals surface area contributed by atoms with Gasteiger partial charge in [0.2, 0.25) is 0 Å². The van der Waals surface area contributed by atoms with Crippen LogP contribution in [0.2, 0.25) is 0 Å². The number of phosphoric acid groups is 2. The van der Waals surface area contributed by atoms with E-state index in [0.717, 1.165) is 102 Å². The summed E-state index contributed by atoms with van der Waals surface area (Å²) in [6, 6.07) is 0. The molecular weight excluding hydrogens is 1260 g/mol. The van der Waals surface area contributed by atoms with E-state index >= 15 is 0 Å². The molecule has 0 saturated carbocycles. The quantitative estimate of drug-likeness (QED) is 0.0222. The molecule has 570 valence electrons. The zero-order valence-corrected chi connectivity index (χ0v) is 64.5. The van der Waals surface area contributed by atoms with E-state index in [1.165, 1.54) is 218 Å². The van der Waals surface area contributed by atoms with Crippen molar-refractivity contribution in [3.63, 3.8) is 0 Å². The van der Waals surface area contributed by atoms with Gasteiger partial charge in [0.25, 0.3) is 0 Å². The minimum atomic E-state index is -4.96. The Kier molecular flexibility index (Phi) is 67.4. The highest BCUT2D eigenvalue weighted by atomic mass is 31.2. The molecule has 0 aliphatic rings. The molecule has 3 unspecified atom stereocenters. The van der Waals surface area contributed by atoms with Crippen molar-refractivity contribution in [2.45, 2.75) is 419 Å². The molecule has 0 amide bonds. The van der Waals surface area contributed by atoms with Crippen LogP contribution in [0.4, 0.5) is 0 Å². The maximum Gasteiger partial charge on any atom is 0.472 e. The molecule has 0 radical (unpaired) electrons. The maximum atomic E-state index is 13.1. The van der Waals surface area contributed by atoms with Crippen LogP contribution in [-0.2, 0) is 65.4 Å². The van der Waals surface area contributed by atoms with Crippen molar-refractivity contribution in [1.82, 2.24) is 0 Å². The van der Waals surface area contributed by atoms with Crippen LogP contribution in [0.3, 0.4) is 0 Å². The number of aliphatic hydroxyl groups is 1. The molecule has 0 aromatic rings. The summed E-state index contributed by atoms with van der Waals surface area (Å²) in [7, 11) is -9.91. The predicted molar refractivity (Wildman–Crippen MR) is 391 cm³/mol. The Morgan fingerprint density at radius 2 is 0.531 bits per heavy atom. The number of hydrogen-bond donors (Lipinski definition) is 3. The fraction of sp³-hybridized carbons (Fsp3) is 0.948. The first-order valence-electron chi connectivity index (χ1n) is 40.0. The molecule has 6 atom stereocenters. The molecule has 0 fully saturated rings. The van der Waals surface area contributed by atoms with Crippen molar-refractivity contribution < 1.29 is 80.2 Å². The van der Waals surface area contributed by atoms with Crippen LogP contribution in [0.5, 0.6) is 0 Å². The fourth-order valence-electron chi connectivity index (χ4n) is 11.8. The summed E-state index contributed by atoms with van der Waals surface area (Å²) in [4.78, 5) is 72.9. The highest BCUT2D eigenvalue weighted by molar-refractivity contribution is 7.47. The second kappa shape index (κ2) is 68.8. The summed E-state index contributed by atoms with van der Waals surface area (Å²) < 4.78 is 68.6. The highest BCUT2D eigenvalue weighted by Crippen LogP contribution is 2.45. The zero-order chi connectivity index (χ0) is 70.7. The fourth-order valence-corrected chi connectivity index (χ4v) is 13.4. The Bertz CT molecular complexity index is 1860. The molecule has 0 aromatic carbocycles. The van der Waals surface area contributed by atoms with Gasteiger partial charge in [-0.3, -0.25) is 37.3 Å². The van der Waals surface area contributed by atoms with Gasteiger partial charge in [-0.15, -0.1) is 0 Å². The summed E-state index contributed by atoms with van der Waals surface area (Å²) in [6.07, 6.45) is 56.6. The molecule has 17 nitrogen and oxygen atoms in total. The normalized spacial score (nSPS) is 14.3. The maximum absolute atomic E-state index is 13.1. The lowest BCUT2D eigenvalue weighted by molar-refractivity contribution is -0.161. The van der Waals surface area contributed by atoms with Gasteiger partial charge in [0.1, 0.15) is 19.3 Å². The summed E-state index contributed by atoms with van der Waals surface area (Å²) in [5.74, 6) is -0.537. The molecule has 3 N–H and O–H groups in total. The van der Waals surface area contributed by atoms with Crippen LogP contribution >= 0.6 is 15.6 Å². The molecular formula is C77H150O17P2. The summed E-state index contributed by atoms with van der Waals surface area (Å²) >= 11 is 0. The van der Waals surface area contributed by atoms with Gasteiger partial charge >= 0.3 is 39.5 Å². The molecule has 0 aromatic heterocycles. The largest absolute Gasteiger partial charge is 0.472 e. The number of esters is 4. The van der Waals surface area contributed by atoms with Crippen LogP contribution in [0, 0.1) is 11.8 Å². The minimum absolute atomic E-state index is 0.107. The molecule has 0 rings (SSSR count). The number of aliphatic hydroxyl groups excluding tert-OH is 1. The molecule has 0 bridgehead atoms. The Labute approximate surface area is 588 Å². The van der Waals surface area contributed by atoms with Gasteiger partial charge < -0.3 is 33.8 Å². The van der Waals surface area contributed by atoms with Crippen molar-refractivity contribution in [1.29, 1.82) is 0 Å². The second-order valence-electron chi connectivity index (χ2n) is 28.5. The number of carbonyl (C=O) groups is 4. The summed E-state index contributed by atoms with van der Waals surface area (Å²) in [5.41, 5.74) is 0. The van der Waals surface area contributed by atoms with E-state index in [0.29, 0.717) is 25.7 Å². The first kappa shape index (κ1) is 94.1. The lowest BCUT2D eigenvalue weighted by Crippen LogP contribution is -2.30. The predicted octanol–water partition coefficient (Wildman–Crippen LogP) is 22.7. The lowest BCUT2D eigenvalue weighted by Gasteiger charge is -2.21. The van der Waals surface area contributed by atoms with Crippen molar-refractivity contribution in [2.75, 3.05) is 39.6 Å². The van der Waals surface area contributed by atoms with Gasteiger partial charge in [-0.05, 0) is 37.5 Å². The van der Waals surface area contributed by atoms with Crippen molar-refractivity contribution >= 4 is 39.5 Å². The smallest absolute Gasteiger partial charge is 0.462 e. The molecule has 0 spiro atoms. The van der Waals surface area contributed by atoms with Crippen molar-refractivity contribution in [2.24, 2.45) is 11.8 Å². The van der Waals surface area contributed by atoms with Gasteiger partial charge in [0.15, 0.2) is 12.2 Å². The number of unbranched alkanes of at least 4 members (excludes halogenated alkanes) is 45. The number of rotatable bonds is 76. The van der Waals surface area contributed by atoms with Gasteiger partial charge in [-0.2, -0.15) is 0 Å². The Morgan fingerprint density at radius 3 is 0.792 bits per heavy atom. The van der Waals surface area contributed by atoms with Crippen LogP contribution in [-0.4, -0.2) is 96.7 Å². The molecule has 19 heteroatoms. The highest BCUT2D eigenvalue weighted by Gasteiger charge is 2.30. The van der Waals surface area contributed by atoms with E-state index in [9.17, 15) is 43.2 Å². The van der Waals surface area contributed by atoms with E-state index in [2.05, 4.69) is 41.5 Å². The average molecular weight is 1410 g/mol. The van der Waals surface area contributed by atoms with Crippen molar-refractivity contribution in [3.05, 3.63) is 0 Å². The van der Waals surface area contributed by atoms with Crippen LogP contribution in [0.1, 0.15) is 401 Å². The molecule has 96 heavy (non-hydrogen) atoms. The first-order valence-corrected chi connectivity index (χ1v) is 43.0. The van der Waals surface area contributed by atoms with Crippen LogP contribution < -0.4 is 0 Å². The van der Waals surface area contributed by atoms with Gasteiger partial charge in [0, 0.05) is 25.7 Å². The number of ether oxygens (including phenoxy) is 4. The summed E-state index contributed by atoms with van der Waals surface area (Å²) in [5, 5.41) is 10.6. The third-order valence-electron chi connectivity index (χ3n) is 18.3. The Morgan fingerprint density at radius 1 is 0.302 bits per heavy atom. The van der Waals surface area contributed by atoms with E-state index in [1.54, 1.807) is 0 Å². The average Bonchev–Trinajstić information content (AvgIpc) is 1.85. The number of carbonyl (C=O) groups excluding carboxylic acids is 4. The minimum Gasteiger partial charge on any atom is -0.462 e. The number of hydrogen-bond acceptors (Lipinski definition) is 15. The van der Waals surface area contributed by atoms with E-state index in [4.69, 9.17) is 37.0 Å². The van der Waals surface area contributed by atoms with Gasteiger partial charge in [0.05, 0.1) is 26.4 Å². The lowest BCUT2D eigenvalue weighted by atomic mass is 9.99. The van der Waals surface area contributed by atoms with E-state index < -0.39 is 97.5 Å². The molecule has 0 aliphatic heterocycles. The van der Waals surface area contributed by atoms with Crippen molar-refractivity contribution in [3.8, 4) is 0 Å².